The average Bonchev–Trinajstić information content (AvgIpc) is 3.05. The van der Waals surface area contributed by atoms with Gasteiger partial charge in [-0.3, -0.25) is 19.4 Å². The van der Waals surface area contributed by atoms with Crippen molar-refractivity contribution in [2.75, 3.05) is 6.61 Å². The first-order chi connectivity index (χ1) is 20.9. The third kappa shape index (κ3) is 9.51. The Morgan fingerprint density at radius 2 is 1.30 bits per heavy atom. The van der Waals surface area contributed by atoms with E-state index in [9.17, 15) is 14.4 Å². The van der Waals surface area contributed by atoms with E-state index in [0.717, 1.165) is 22.3 Å². The third-order valence-electron chi connectivity index (χ3n) is 6.88. The molecule has 2 unspecified atom stereocenters. The fourth-order valence-electron chi connectivity index (χ4n) is 4.52. The van der Waals surface area contributed by atoms with Crippen LogP contribution < -0.4 is 26.4 Å². The Balaban J connectivity index is 1.53. The molecule has 0 saturated carbocycles. The third-order valence-corrected chi connectivity index (χ3v) is 6.88. The monoisotopic (exact) mass is 579 g/mol. The number of nitrogens with two attached hydrogens (primary N) is 1. The fourth-order valence-corrected chi connectivity index (χ4v) is 4.52. The molecule has 4 aromatic rings. The molecule has 9 nitrogen and oxygen atoms in total. The molecule has 0 radical (unpaired) electrons. The van der Waals surface area contributed by atoms with Crippen LogP contribution in [0, 0.1) is 0 Å². The molecular formula is C34H37N5O4. The summed E-state index contributed by atoms with van der Waals surface area (Å²) in [4.78, 5) is 44.3. The summed E-state index contributed by atoms with van der Waals surface area (Å²) in [6.07, 6.45) is 3.52. The molecule has 0 aliphatic carbocycles. The molecule has 5 N–H and O–H groups in total. The number of amides is 3. The number of hydrogen-bond acceptors (Lipinski definition) is 6. The van der Waals surface area contributed by atoms with E-state index in [4.69, 9.17) is 10.5 Å². The summed E-state index contributed by atoms with van der Waals surface area (Å²) in [6, 6.07) is 25.8. The standard InChI is InChI=1S/C34H37N5O4/c1-2-43-29-14-12-25(13-15-29)21-31(38-32(40)28-16-18-36-19-17-28)34(42)39-30(20-24-6-4-3-5-7-24)33(41)37-23-27-10-8-26(22-35)9-11-27/h3-19,30-31H,2,20-23,35H2,1H3,(H,37,41)(H,38,40)(H,39,42). The van der Waals surface area contributed by atoms with Gasteiger partial charge in [-0.05, 0) is 53.4 Å². The van der Waals surface area contributed by atoms with Crippen molar-refractivity contribution in [3.8, 4) is 5.75 Å². The number of ether oxygens (including phenoxy) is 1. The van der Waals surface area contributed by atoms with Gasteiger partial charge >= 0.3 is 0 Å². The van der Waals surface area contributed by atoms with E-state index in [1.165, 1.54) is 12.4 Å². The summed E-state index contributed by atoms with van der Waals surface area (Å²) in [7, 11) is 0. The van der Waals surface area contributed by atoms with E-state index in [1.54, 1.807) is 12.1 Å². The summed E-state index contributed by atoms with van der Waals surface area (Å²) < 4.78 is 5.53. The number of benzene rings is 3. The lowest BCUT2D eigenvalue weighted by Gasteiger charge is -2.24. The minimum Gasteiger partial charge on any atom is -0.494 e. The molecule has 3 aromatic carbocycles. The zero-order valence-corrected chi connectivity index (χ0v) is 24.2. The van der Waals surface area contributed by atoms with Crippen molar-refractivity contribution in [1.82, 2.24) is 20.9 Å². The van der Waals surface area contributed by atoms with E-state index < -0.39 is 23.9 Å². The SMILES string of the molecule is CCOc1ccc(CC(NC(=O)c2ccncc2)C(=O)NC(Cc2ccccc2)C(=O)NCc2ccc(CN)cc2)cc1. The molecule has 0 saturated heterocycles. The fraction of sp³-hybridized carbons (Fsp3) is 0.235. The number of aromatic nitrogens is 1. The van der Waals surface area contributed by atoms with Crippen LogP contribution in [-0.4, -0.2) is 41.4 Å². The molecule has 4 rings (SSSR count). The zero-order chi connectivity index (χ0) is 30.4. The van der Waals surface area contributed by atoms with Gasteiger partial charge < -0.3 is 26.4 Å². The molecule has 43 heavy (non-hydrogen) atoms. The van der Waals surface area contributed by atoms with Crippen LogP contribution in [0.25, 0.3) is 0 Å². The topological polar surface area (TPSA) is 135 Å². The second-order valence-corrected chi connectivity index (χ2v) is 10.0. The van der Waals surface area contributed by atoms with Crippen LogP contribution in [0.3, 0.4) is 0 Å². The Hall–Kier alpha value is -5.02. The number of nitrogens with zero attached hydrogens (tertiary/aromatic N) is 1. The van der Waals surface area contributed by atoms with Crippen molar-refractivity contribution in [2.45, 2.75) is 44.9 Å². The van der Waals surface area contributed by atoms with Crippen molar-refractivity contribution in [2.24, 2.45) is 5.73 Å². The van der Waals surface area contributed by atoms with Crippen molar-refractivity contribution >= 4 is 17.7 Å². The number of carbonyl (C=O) groups is 3. The second kappa shape index (κ2) is 15.8. The lowest BCUT2D eigenvalue weighted by molar-refractivity contribution is -0.130. The normalized spacial score (nSPS) is 12.0. The summed E-state index contributed by atoms with van der Waals surface area (Å²) in [5.74, 6) is -0.510. The smallest absolute Gasteiger partial charge is 0.252 e. The Morgan fingerprint density at radius 3 is 1.93 bits per heavy atom. The number of nitrogens with one attached hydrogen (secondary N) is 3. The van der Waals surface area contributed by atoms with Crippen LogP contribution in [0.1, 0.15) is 39.5 Å². The first-order valence-corrected chi connectivity index (χ1v) is 14.3. The molecule has 0 aliphatic rings. The Morgan fingerprint density at radius 1 is 0.721 bits per heavy atom. The average molecular weight is 580 g/mol. The highest BCUT2D eigenvalue weighted by Crippen LogP contribution is 2.14. The molecule has 1 aromatic heterocycles. The lowest BCUT2D eigenvalue weighted by atomic mass is 10.0. The van der Waals surface area contributed by atoms with Crippen LogP contribution in [0.4, 0.5) is 0 Å². The van der Waals surface area contributed by atoms with Gasteiger partial charge in [0.2, 0.25) is 11.8 Å². The summed E-state index contributed by atoms with van der Waals surface area (Å²) in [5, 5.41) is 8.70. The van der Waals surface area contributed by atoms with Crippen LogP contribution >= 0.6 is 0 Å². The summed E-state index contributed by atoms with van der Waals surface area (Å²) in [6.45, 7) is 3.17. The van der Waals surface area contributed by atoms with Crippen LogP contribution in [0.5, 0.6) is 5.75 Å². The maximum atomic E-state index is 13.8. The van der Waals surface area contributed by atoms with E-state index in [-0.39, 0.29) is 18.7 Å². The first-order valence-electron chi connectivity index (χ1n) is 14.3. The van der Waals surface area contributed by atoms with E-state index in [1.807, 2.05) is 85.8 Å². The maximum Gasteiger partial charge on any atom is 0.252 e. The minimum atomic E-state index is -0.950. The van der Waals surface area contributed by atoms with Gasteiger partial charge in [0.05, 0.1) is 6.61 Å². The molecule has 0 bridgehead atoms. The van der Waals surface area contributed by atoms with Crippen molar-refractivity contribution in [3.05, 3.63) is 131 Å². The molecule has 0 fully saturated rings. The molecule has 3 amide bonds. The predicted molar refractivity (Wildman–Crippen MR) is 165 cm³/mol. The van der Waals surface area contributed by atoms with Gasteiger partial charge in [-0.2, -0.15) is 0 Å². The quantitative estimate of drug-likeness (QED) is 0.181. The summed E-state index contributed by atoms with van der Waals surface area (Å²) in [5.41, 5.74) is 9.68. The minimum absolute atomic E-state index is 0.211. The van der Waals surface area contributed by atoms with Crippen molar-refractivity contribution < 1.29 is 19.1 Å². The number of pyridine rings is 1. The molecule has 1 heterocycles. The van der Waals surface area contributed by atoms with Gasteiger partial charge in [-0.1, -0.05) is 66.7 Å². The number of hydrogen-bond donors (Lipinski definition) is 4. The van der Waals surface area contributed by atoms with E-state index in [0.29, 0.717) is 31.0 Å². The Bertz CT molecular complexity index is 1460. The van der Waals surface area contributed by atoms with Gasteiger partial charge in [0.25, 0.3) is 5.91 Å². The van der Waals surface area contributed by atoms with Crippen LogP contribution in [-0.2, 0) is 35.5 Å². The molecule has 9 heteroatoms. The van der Waals surface area contributed by atoms with Gasteiger partial charge in [-0.15, -0.1) is 0 Å². The highest BCUT2D eigenvalue weighted by molar-refractivity contribution is 5.98. The summed E-state index contributed by atoms with van der Waals surface area (Å²) >= 11 is 0. The highest BCUT2D eigenvalue weighted by atomic mass is 16.5. The Labute approximate surface area is 251 Å². The van der Waals surface area contributed by atoms with Crippen molar-refractivity contribution in [1.29, 1.82) is 0 Å². The molecule has 0 spiro atoms. The predicted octanol–water partition coefficient (Wildman–Crippen LogP) is 3.32. The van der Waals surface area contributed by atoms with Gasteiger partial charge in [-0.25, -0.2) is 0 Å². The van der Waals surface area contributed by atoms with Gasteiger partial charge in [0.1, 0.15) is 17.8 Å². The van der Waals surface area contributed by atoms with E-state index in [2.05, 4.69) is 20.9 Å². The molecule has 222 valence electrons. The number of carbonyl (C=O) groups excluding carboxylic acids is 3. The molecular weight excluding hydrogens is 542 g/mol. The highest BCUT2D eigenvalue weighted by Gasteiger charge is 2.28. The first kappa shape index (κ1) is 30.9. The second-order valence-electron chi connectivity index (χ2n) is 10.0. The molecule has 2 atom stereocenters. The van der Waals surface area contributed by atoms with Crippen molar-refractivity contribution in [3.63, 3.8) is 0 Å². The largest absolute Gasteiger partial charge is 0.494 e. The van der Waals surface area contributed by atoms with Gasteiger partial charge in [0.15, 0.2) is 0 Å². The van der Waals surface area contributed by atoms with Crippen LogP contribution in [0.2, 0.25) is 0 Å². The Kier molecular flexibility index (Phi) is 11.4. The van der Waals surface area contributed by atoms with E-state index >= 15 is 0 Å². The molecule has 0 aliphatic heterocycles. The lowest BCUT2D eigenvalue weighted by Crippen LogP contribution is -2.55. The van der Waals surface area contributed by atoms with Crippen LogP contribution in [0.15, 0.2) is 103 Å². The maximum absolute atomic E-state index is 13.8. The number of rotatable bonds is 14. The zero-order valence-electron chi connectivity index (χ0n) is 24.2. The van der Waals surface area contributed by atoms with Gasteiger partial charge in [0, 0.05) is 43.9 Å².